The second-order valence-electron chi connectivity index (χ2n) is 6.40. The SMILES string of the molecule is Cc1c(Cl)cccc1S(=O)(=O)Nc1cc2cncnc2nc1OCc1cccnc1. The monoisotopic (exact) mass is 441 g/mol. The van der Waals surface area contributed by atoms with Gasteiger partial charge < -0.3 is 4.74 Å². The molecule has 0 radical (unpaired) electrons. The van der Waals surface area contributed by atoms with E-state index < -0.39 is 10.0 Å². The summed E-state index contributed by atoms with van der Waals surface area (Å²) in [4.78, 5) is 16.5. The summed E-state index contributed by atoms with van der Waals surface area (Å²) < 4.78 is 34.4. The second kappa shape index (κ2) is 8.21. The molecule has 3 heterocycles. The first-order valence-electron chi connectivity index (χ1n) is 8.84. The van der Waals surface area contributed by atoms with Gasteiger partial charge in [0, 0.05) is 34.6 Å². The van der Waals surface area contributed by atoms with Crippen molar-refractivity contribution in [1.29, 1.82) is 0 Å². The Morgan fingerprint density at radius 3 is 2.80 bits per heavy atom. The quantitative estimate of drug-likeness (QED) is 0.485. The van der Waals surface area contributed by atoms with Crippen LogP contribution in [0.1, 0.15) is 11.1 Å². The van der Waals surface area contributed by atoms with Crippen LogP contribution in [-0.4, -0.2) is 28.4 Å². The first-order valence-corrected chi connectivity index (χ1v) is 10.7. The maximum Gasteiger partial charge on any atom is 0.262 e. The molecule has 0 saturated carbocycles. The summed E-state index contributed by atoms with van der Waals surface area (Å²) in [5.41, 5.74) is 1.80. The molecular formula is C20H16ClN5O3S. The van der Waals surface area contributed by atoms with Gasteiger partial charge in [0.15, 0.2) is 5.65 Å². The fraction of sp³-hybridized carbons (Fsp3) is 0.100. The summed E-state index contributed by atoms with van der Waals surface area (Å²) in [6.45, 7) is 1.80. The molecule has 0 atom stereocenters. The Hall–Kier alpha value is -3.30. The number of benzene rings is 1. The fourth-order valence-corrected chi connectivity index (χ4v) is 4.35. The molecule has 4 rings (SSSR count). The highest BCUT2D eigenvalue weighted by Gasteiger charge is 2.21. The maximum atomic E-state index is 13.0. The molecular weight excluding hydrogens is 426 g/mol. The van der Waals surface area contributed by atoms with Crippen LogP contribution >= 0.6 is 11.6 Å². The Morgan fingerprint density at radius 1 is 1.13 bits per heavy atom. The highest BCUT2D eigenvalue weighted by molar-refractivity contribution is 7.92. The van der Waals surface area contributed by atoms with Crippen LogP contribution in [0.2, 0.25) is 5.02 Å². The number of aromatic nitrogens is 4. The van der Waals surface area contributed by atoms with Gasteiger partial charge >= 0.3 is 0 Å². The van der Waals surface area contributed by atoms with E-state index in [9.17, 15) is 8.42 Å². The standard InChI is InChI=1S/C20H16ClN5O3S/c1-13-16(21)5-2-6-18(13)30(27,28)26-17-8-15-10-23-12-24-19(15)25-20(17)29-11-14-4-3-7-22-9-14/h2-10,12,26H,11H2,1H3. The van der Waals surface area contributed by atoms with Gasteiger partial charge in [-0.05, 0) is 36.8 Å². The van der Waals surface area contributed by atoms with E-state index in [0.29, 0.717) is 21.6 Å². The van der Waals surface area contributed by atoms with Crippen molar-refractivity contribution in [1.82, 2.24) is 19.9 Å². The van der Waals surface area contributed by atoms with E-state index in [0.717, 1.165) is 5.56 Å². The minimum atomic E-state index is -3.95. The summed E-state index contributed by atoms with van der Waals surface area (Å²) in [7, 11) is -3.95. The van der Waals surface area contributed by atoms with Crippen LogP contribution in [0, 0.1) is 6.92 Å². The minimum Gasteiger partial charge on any atom is -0.471 e. The molecule has 0 amide bonds. The predicted molar refractivity (Wildman–Crippen MR) is 113 cm³/mol. The molecule has 0 aliphatic carbocycles. The lowest BCUT2D eigenvalue weighted by molar-refractivity contribution is 0.296. The van der Waals surface area contributed by atoms with Crippen molar-refractivity contribution in [3.8, 4) is 5.88 Å². The van der Waals surface area contributed by atoms with Gasteiger partial charge in [-0.1, -0.05) is 23.7 Å². The van der Waals surface area contributed by atoms with Crippen LogP contribution < -0.4 is 9.46 Å². The molecule has 1 N–H and O–H groups in total. The van der Waals surface area contributed by atoms with Crippen molar-refractivity contribution in [2.45, 2.75) is 18.4 Å². The summed E-state index contributed by atoms with van der Waals surface area (Å²) in [6, 6.07) is 9.90. The van der Waals surface area contributed by atoms with Gasteiger partial charge in [-0.25, -0.2) is 18.4 Å². The van der Waals surface area contributed by atoms with Crippen LogP contribution in [0.15, 0.2) is 66.2 Å². The number of hydrogen-bond donors (Lipinski definition) is 1. The van der Waals surface area contributed by atoms with Crippen LogP contribution in [0.5, 0.6) is 5.88 Å². The Labute approximate surface area is 178 Å². The van der Waals surface area contributed by atoms with Crippen molar-refractivity contribution in [2.24, 2.45) is 0 Å². The molecule has 3 aromatic heterocycles. The molecule has 0 spiro atoms. The van der Waals surface area contributed by atoms with Gasteiger partial charge in [-0.15, -0.1) is 0 Å². The summed E-state index contributed by atoms with van der Waals surface area (Å²) in [5.74, 6) is 0.0910. The number of ether oxygens (including phenoxy) is 1. The average Bonchev–Trinajstić information content (AvgIpc) is 2.74. The van der Waals surface area contributed by atoms with E-state index in [1.165, 1.54) is 12.4 Å². The van der Waals surface area contributed by atoms with Gasteiger partial charge in [0.1, 0.15) is 18.6 Å². The number of pyridine rings is 2. The molecule has 8 nitrogen and oxygen atoms in total. The Balaban J connectivity index is 1.73. The van der Waals surface area contributed by atoms with E-state index in [2.05, 4.69) is 24.7 Å². The summed E-state index contributed by atoms with van der Waals surface area (Å²) in [5, 5.41) is 0.919. The van der Waals surface area contributed by atoms with Crippen LogP contribution in [0.4, 0.5) is 5.69 Å². The molecule has 1 aromatic carbocycles. The van der Waals surface area contributed by atoms with Gasteiger partial charge in [0.2, 0.25) is 5.88 Å². The molecule has 152 valence electrons. The first-order chi connectivity index (χ1) is 14.4. The minimum absolute atomic E-state index is 0.0672. The zero-order valence-electron chi connectivity index (χ0n) is 15.8. The van der Waals surface area contributed by atoms with E-state index in [-0.39, 0.29) is 23.1 Å². The molecule has 0 unspecified atom stereocenters. The number of nitrogens with one attached hydrogen (secondary N) is 1. The predicted octanol–water partition coefficient (Wildman–Crippen LogP) is 3.76. The van der Waals surface area contributed by atoms with Crippen molar-refractivity contribution in [2.75, 3.05) is 4.72 Å². The molecule has 0 saturated heterocycles. The molecule has 4 aromatic rings. The van der Waals surface area contributed by atoms with Crippen LogP contribution in [0.3, 0.4) is 0 Å². The van der Waals surface area contributed by atoms with Gasteiger partial charge in [-0.3, -0.25) is 9.71 Å². The van der Waals surface area contributed by atoms with Gasteiger partial charge in [-0.2, -0.15) is 4.98 Å². The lowest BCUT2D eigenvalue weighted by atomic mass is 10.2. The number of nitrogens with zero attached hydrogens (tertiary/aromatic N) is 4. The third kappa shape index (κ3) is 4.17. The molecule has 30 heavy (non-hydrogen) atoms. The zero-order valence-corrected chi connectivity index (χ0v) is 17.4. The summed E-state index contributed by atoms with van der Waals surface area (Å²) >= 11 is 6.10. The van der Waals surface area contributed by atoms with Crippen molar-refractivity contribution in [3.05, 3.63) is 77.5 Å². The number of halogens is 1. The number of anilines is 1. The zero-order chi connectivity index (χ0) is 21.1. The van der Waals surface area contributed by atoms with Gasteiger partial charge in [0.05, 0.1) is 4.90 Å². The Kier molecular flexibility index (Phi) is 5.47. The highest BCUT2D eigenvalue weighted by Crippen LogP contribution is 2.30. The second-order valence-corrected chi connectivity index (χ2v) is 8.45. The molecule has 0 aliphatic rings. The van der Waals surface area contributed by atoms with Gasteiger partial charge in [0.25, 0.3) is 10.0 Å². The number of rotatable bonds is 6. The van der Waals surface area contributed by atoms with E-state index >= 15 is 0 Å². The maximum absolute atomic E-state index is 13.0. The average molecular weight is 442 g/mol. The Morgan fingerprint density at radius 2 is 2.00 bits per heavy atom. The lowest BCUT2D eigenvalue weighted by Gasteiger charge is -2.15. The van der Waals surface area contributed by atoms with Crippen molar-refractivity contribution in [3.63, 3.8) is 0 Å². The molecule has 0 fully saturated rings. The summed E-state index contributed by atoms with van der Waals surface area (Å²) in [6.07, 6.45) is 6.21. The molecule has 10 heteroatoms. The van der Waals surface area contributed by atoms with E-state index in [1.807, 2.05) is 6.07 Å². The smallest absolute Gasteiger partial charge is 0.262 e. The normalized spacial score (nSPS) is 11.4. The van der Waals surface area contributed by atoms with E-state index in [4.69, 9.17) is 16.3 Å². The topological polar surface area (TPSA) is 107 Å². The van der Waals surface area contributed by atoms with Crippen molar-refractivity contribution >= 4 is 38.3 Å². The largest absolute Gasteiger partial charge is 0.471 e. The lowest BCUT2D eigenvalue weighted by Crippen LogP contribution is -2.16. The first kappa shape index (κ1) is 20.0. The van der Waals surface area contributed by atoms with E-state index in [1.54, 1.807) is 49.8 Å². The van der Waals surface area contributed by atoms with Crippen molar-refractivity contribution < 1.29 is 13.2 Å². The number of fused-ring (bicyclic) bond motifs is 1. The van der Waals surface area contributed by atoms with Crippen LogP contribution in [0.25, 0.3) is 11.0 Å². The molecule has 0 bridgehead atoms. The third-order valence-corrected chi connectivity index (χ3v) is 6.23. The highest BCUT2D eigenvalue weighted by atomic mass is 35.5. The molecule has 0 aliphatic heterocycles. The van der Waals surface area contributed by atoms with Crippen LogP contribution in [-0.2, 0) is 16.6 Å². The number of hydrogen-bond acceptors (Lipinski definition) is 7. The fourth-order valence-electron chi connectivity index (χ4n) is 2.80. The Bertz CT molecular complexity index is 1320. The third-order valence-electron chi connectivity index (χ3n) is 4.31. The number of sulfonamides is 1.